The summed E-state index contributed by atoms with van der Waals surface area (Å²) in [5, 5.41) is 24.1. The Labute approximate surface area is 192 Å². The Balaban J connectivity index is 1.96. The van der Waals surface area contributed by atoms with Gasteiger partial charge in [0.1, 0.15) is 0 Å². The molecule has 0 saturated heterocycles. The highest BCUT2D eigenvalue weighted by Crippen LogP contribution is 2.41. The number of nitrogens with one attached hydrogen (secondary N) is 2. The van der Waals surface area contributed by atoms with Crippen LogP contribution in [0, 0.1) is 12.8 Å². The number of amides is 1. The molecule has 0 aliphatic rings. The number of phenolic OH excluding ortho intramolecular Hbond substituents is 1. The number of thiophene rings is 1. The number of carbonyl (C=O) groups is 1. The standard InChI is InChI=1S/C21H24F3N5O3S/c1-10(2)16(14-9-6-11(3)33-14)26-19-18(27-32-28-19)25-13-8-7-12(21(22,23)24)15(17(13)30)20(31)29(4)5/h6-10,16,30H,1-5H3,(H,25,27)(H,26,28)/t16-/m1/s1. The fourth-order valence-electron chi connectivity index (χ4n) is 3.20. The van der Waals surface area contributed by atoms with Crippen LogP contribution in [0.4, 0.5) is 30.5 Å². The van der Waals surface area contributed by atoms with Crippen molar-refractivity contribution < 1.29 is 27.7 Å². The quantitative estimate of drug-likeness (QED) is 0.386. The number of anilines is 3. The molecule has 3 N–H and O–H groups in total. The van der Waals surface area contributed by atoms with Crippen LogP contribution in [0.15, 0.2) is 28.9 Å². The molecule has 2 heterocycles. The molecule has 0 fully saturated rings. The summed E-state index contributed by atoms with van der Waals surface area (Å²) in [6.07, 6.45) is -4.83. The summed E-state index contributed by atoms with van der Waals surface area (Å²) >= 11 is 1.62. The number of phenols is 1. The number of rotatable bonds is 7. The second-order valence-electron chi connectivity index (χ2n) is 7.98. The minimum absolute atomic E-state index is 0.0484. The third-order valence-corrected chi connectivity index (χ3v) is 5.96. The molecule has 1 atom stereocenters. The highest BCUT2D eigenvalue weighted by Gasteiger charge is 2.38. The molecule has 12 heteroatoms. The van der Waals surface area contributed by atoms with E-state index in [1.54, 1.807) is 11.3 Å². The zero-order chi connectivity index (χ0) is 24.5. The summed E-state index contributed by atoms with van der Waals surface area (Å²) in [5.41, 5.74) is -2.26. The van der Waals surface area contributed by atoms with Crippen molar-refractivity contribution in [1.29, 1.82) is 0 Å². The van der Waals surface area contributed by atoms with Crippen LogP contribution in [0.2, 0.25) is 0 Å². The van der Waals surface area contributed by atoms with E-state index in [1.807, 2.05) is 32.9 Å². The summed E-state index contributed by atoms with van der Waals surface area (Å²) in [6.45, 7) is 6.04. The van der Waals surface area contributed by atoms with Gasteiger partial charge in [0.25, 0.3) is 5.91 Å². The summed E-state index contributed by atoms with van der Waals surface area (Å²) in [4.78, 5) is 15.6. The third-order valence-electron chi connectivity index (χ3n) is 4.87. The number of aromatic nitrogens is 2. The molecule has 2 aromatic heterocycles. The molecule has 0 aliphatic carbocycles. The maximum absolute atomic E-state index is 13.5. The van der Waals surface area contributed by atoms with E-state index in [2.05, 4.69) is 20.9 Å². The lowest BCUT2D eigenvalue weighted by Crippen LogP contribution is -2.25. The number of benzene rings is 1. The van der Waals surface area contributed by atoms with E-state index in [0.29, 0.717) is 0 Å². The van der Waals surface area contributed by atoms with Crippen LogP contribution in [0.5, 0.6) is 5.75 Å². The zero-order valence-corrected chi connectivity index (χ0v) is 19.4. The number of aryl methyl sites for hydroxylation is 1. The minimum Gasteiger partial charge on any atom is -0.505 e. The molecule has 33 heavy (non-hydrogen) atoms. The van der Waals surface area contributed by atoms with Gasteiger partial charge < -0.3 is 20.6 Å². The van der Waals surface area contributed by atoms with Crippen molar-refractivity contribution in [1.82, 2.24) is 15.2 Å². The maximum atomic E-state index is 13.5. The highest BCUT2D eigenvalue weighted by molar-refractivity contribution is 7.12. The maximum Gasteiger partial charge on any atom is 0.417 e. The topological polar surface area (TPSA) is 104 Å². The van der Waals surface area contributed by atoms with Crippen molar-refractivity contribution in [2.75, 3.05) is 24.7 Å². The van der Waals surface area contributed by atoms with Crippen molar-refractivity contribution in [2.24, 2.45) is 5.92 Å². The van der Waals surface area contributed by atoms with Gasteiger partial charge in [0, 0.05) is 23.8 Å². The Morgan fingerprint density at radius 1 is 1.15 bits per heavy atom. The molecule has 3 aromatic rings. The number of nitrogens with zero attached hydrogens (tertiary/aromatic N) is 3. The molecule has 1 amide bonds. The highest BCUT2D eigenvalue weighted by atomic mass is 32.1. The van der Waals surface area contributed by atoms with Crippen molar-refractivity contribution >= 4 is 34.6 Å². The number of halogens is 3. The lowest BCUT2D eigenvalue weighted by Gasteiger charge is -2.21. The van der Waals surface area contributed by atoms with Crippen molar-refractivity contribution in [3.8, 4) is 5.75 Å². The first kappa shape index (κ1) is 24.4. The van der Waals surface area contributed by atoms with Crippen molar-refractivity contribution in [2.45, 2.75) is 33.0 Å². The Bertz CT molecular complexity index is 1140. The number of aromatic hydroxyl groups is 1. The smallest absolute Gasteiger partial charge is 0.417 e. The molecule has 178 valence electrons. The molecule has 0 spiro atoms. The summed E-state index contributed by atoms with van der Waals surface area (Å²) in [5.74, 6) is -1.43. The Kier molecular flexibility index (Phi) is 6.86. The average Bonchev–Trinajstić information content (AvgIpc) is 3.34. The lowest BCUT2D eigenvalue weighted by molar-refractivity contribution is -0.138. The van der Waals surface area contributed by atoms with E-state index in [9.17, 15) is 23.1 Å². The van der Waals surface area contributed by atoms with Gasteiger partial charge in [0.2, 0.25) is 11.6 Å². The SMILES string of the molecule is Cc1ccc([C@H](Nc2nonc2Nc2ccc(C(F)(F)F)c(C(=O)N(C)C)c2O)C(C)C)s1. The Morgan fingerprint density at radius 2 is 1.82 bits per heavy atom. The van der Waals surface area contributed by atoms with Crippen LogP contribution in [-0.2, 0) is 6.18 Å². The number of alkyl halides is 3. The molecule has 0 aliphatic heterocycles. The predicted molar refractivity (Wildman–Crippen MR) is 119 cm³/mol. The van der Waals surface area contributed by atoms with Crippen LogP contribution in [0.3, 0.4) is 0 Å². The van der Waals surface area contributed by atoms with E-state index < -0.39 is 29.0 Å². The van der Waals surface area contributed by atoms with Crippen LogP contribution < -0.4 is 10.6 Å². The molecular formula is C21H24F3N5O3S. The molecule has 0 saturated carbocycles. The minimum atomic E-state index is -4.83. The first-order valence-corrected chi connectivity index (χ1v) is 10.8. The molecule has 1 aromatic carbocycles. The molecule has 3 rings (SSSR count). The van der Waals surface area contributed by atoms with Crippen molar-refractivity contribution in [3.05, 3.63) is 45.1 Å². The van der Waals surface area contributed by atoms with E-state index in [1.165, 1.54) is 14.1 Å². The third kappa shape index (κ3) is 5.21. The summed E-state index contributed by atoms with van der Waals surface area (Å²) in [6, 6.07) is 5.61. The molecule has 0 unspecified atom stereocenters. The summed E-state index contributed by atoms with van der Waals surface area (Å²) in [7, 11) is 2.59. The van der Waals surface area contributed by atoms with Gasteiger partial charge in [-0.3, -0.25) is 4.79 Å². The fourth-order valence-corrected chi connectivity index (χ4v) is 4.30. The molecule has 0 radical (unpaired) electrons. The van der Waals surface area contributed by atoms with Gasteiger partial charge in [-0.2, -0.15) is 13.2 Å². The van der Waals surface area contributed by atoms with Gasteiger partial charge in [-0.25, -0.2) is 4.63 Å². The first-order valence-electron chi connectivity index (χ1n) is 9.97. The van der Waals surface area contributed by atoms with Crippen molar-refractivity contribution in [3.63, 3.8) is 0 Å². The first-order chi connectivity index (χ1) is 15.4. The van der Waals surface area contributed by atoms with Gasteiger partial charge in [-0.05, 0) is 47.4 Å². The number of carbonyl (C=O) groups excluding carboxylic acids is 1. The Morgan fingerprint density at radius 3 is 2.36 bits per heavy atom. The van der Waals surface area contributed by atoms with Gasteiger partial charge in [0.05, 0.1) is 22.9 Å². The van der Waals surface area contributed by atoms with Crippen LogP contribution in [0.1, 0.15) is 45.6 Å². The molecule has 0 bridgehead atoms. The summed E-state index contributed by atoms with van der Waals surface area (Å²) < 4.78 is 45.2. The lowest BCUT2D eigenvalue weighted by atomic mass is 10.0. The number of hydrogen-bond donors (Lipinski definition) is 3. The van der Waals surface area contributed by atoms with Crippen LogP contribution in [-0.4, -0.2) is 40.3 Å². The zero-order valence-electron chi connectivity index (χ0n) is 18.6. The van der Waals surface area contributed by atoms with Gasteiger partial charge in [-0.1, -0.05) is 13.8 Å². The number of hydrogen-bond acceptors (Lipinski definition) is 8. The normalized spacial score (nSPS) is 12.6. The second-order valence-corrected chi connectivity index (χ2v) is 9.30. The monoisotopic (exact) mass is 483 g/mol. The molecular weight excluding hydrogens is 459 g/mol. The fraction of sp³-hybridized carbons (Fsp3) is 0.381. The van der Waals surface area contributed by atoms with Crippen LogP contribution in [0.25, 0.3) is 0 Å². The predicted octanol–water partition coefficient (Wildman–Crippen LogP) is 5.42. The van der Waals surface area contributed by atoms with Crippen LogP contribution >= 0.6 is 11.3 Å². The van der Waals surface area contributed by atoms with E-state index in [0.717, 1.165) is 26.8 Å². The molecule has 8 nitrogen and oxygen atoms in total. The van der Waals surface area contributed by atoms with E-state index >= 15 is 0 Å². The van der Waals surface area contributed by atoms with E-state index in [-0.39, 0.29) is 29.3 Å². The van der Waals surface area contributed by atoms with Gasteiger partial charge in [0.15, 0.2) is 5.75 Å². The second kappa shape index (κ2) is 9.30. The Hall–Kier alpha value is -3.28. The van der Waals surface area contributed by atoms with Gasteiger partial charge >= 0.3 is 6.18 Å². The largest absolute Gasteiger partial charge is 0.505 e. The van der Waals surface area contributed by atoms with Gasteiger partial charge in [-0.15, -0.1) is 11.3 Å². The van der Waals surface area contributed by atoms with E-state index in [4.69, 9.17) is 4.63 Å². The average molecular weight is 484 g/mol.